The normalized spacial score (nSPS) is 31.6. The van der Waals surface area contributed by atoms with E-state index in [1.165, 1.54) is 6.20 Å². The lowest BCUT2D eigenvalue weighted by molar-refractivity contribution is -0.0626. The molecule has 5 rings (SSSR count). The fraction of sp³-hybridized carbons (Fsp3) is 0.526. The van der Waals surface area contributed by atoms with Crippen molar-refractivity contribution in [2.24, 2.45) is 0 Å². The Kier molecular flexibility index (Phi) is 8.21. The summed E-state index contributed by atoms with van der Waals surface area (Å²) in [7, 11) is -4.88. The Bertz CT molecular complexity index is 1620. The summed E-state index contributed by atoms with van der Waals surface area (Å²) in [5, 5.41) is 41.7. The summed E-state index contributed by atoms with van der Waals surface area (Å²) in [6, 6.07) is 0. The molecule has 9 atom stereocenters. The molecule has 3 aromatic rings. The summed E-state index contributed by atoms with van der Waals surface area (Å²) in [6.07, 6.45) is -9.46. The highest BCUT2D eigenvalue weighted by Gasteiger charge is 2.47. The van der Waals surface area contributed by atoms with Gasteiger partial charge in [0.1, 0.15) is 42.4 Å². The number of nitrogens with one attached hydrogen (secondary N) is 1. The lowest BCUT2D eigenvalue weighted by Crippen LogP contribution is -2.36. The molecule has 0 saturated carbocycles. The van der Waals surface area contributed by atoms with Crippen LogP contribution in [-0.4, -0.2) is 104 Å². The molecular formula is C19H24IN8O12P. The van der Waals surface area contributed by atoms with Crippen molar-refractivity contribution in [2.45, 2.75) is 49.1 Å². The van der Waals surface area contributed by atoms with Crippen molar-refractivity contribution in [3.8, 4) is 0 Å². The van der Waals surface area contributed by atoms with Gasteiger partial charge in [0.25, 0.3) is 5.56 Å². The lowest BCUT2D eigenvalue weighted by atomic mass is 10.1. The van der Waals surface area contributed by atoms with Crippen LogP contribution in [0.15, 0.2) is 22.1 Å². The number of anilines is 2. The van der Waals surface area contributed by atoms with Gasteiger partial charge >= 0.3 is 13.5 Å². The van der Waals surface area contributed by atoms with E-state index in [2.05, 4.69) is 19.9 Å². The number of nitrogens with zero attached hydrogens (tertiary/aromatic N) is 5. The zero-order valence-electron chi connectivity index (χ0n) is 20.5. The second kappa shape index (κ2) is 11.3. The number of halogens is 1. The van der Waals surface area contributed by atoms with E-state index in [-0.39, 0.29) is 22.9 Å². The smallest absolute Gasteiger partial charge is 0.387 e. The van der Waals surface area contributed by atoms with E-state index in [9.17, 15) is 39.5 Å². The largest absolute Gasteiger partial charge is 0.472 e. The standard InChI is InChI=1S/C19H24IN8O12P/c20-5-1-27(19(34)24-13(5)21)16-11(31)9(29)6(39-16)2-37-41(35,36)38-3-7-10(30)12(32)17(40-7)28-4-23-8-14(28)25-18(22)26-15(8)33/h1,4,6-7,9-12,16-17,29-32H,2-3H2,(H,35,36)(H2,21,24,34)(H3,22,25,26,33)/t6-,7-,9-,10-,11-,12-,16-,17-/m1/s1. The minimum Gasteiger partial charge on any atom is -0.387 e. The second-order valence-corrected chi connectivity index (χ2v) is 11.7. The Morgan fingerprint density at radius 2 is 1.54 bits per heavy atom. The highest BCUT2D eigenvalue weighted by atomic mass is 127. The van der Waals surface area contributed by atoms with Crippen LogP contribution in [0.2, 0.25) is 0 Å². The third-order valence-electron chi connectivity index (χ3n) is 6.41. The van der Waals surface area contributed by atoms with Crippen molar-refractivity contribution < 1.29 is 48.4 Å². The van der Waals surface area contributed by atoms with E-state index in [0.717, 1.165) is 15.5 Å². The van der Waals surface area contributed by atoms with Gasteiger partial charge in [0.05, 0.1) is 23.1 Å². The molecule has 0 aliphatic carbocycles. The SMILES string of the molecule is Nc1nc2c(ncn2[C@@H]2O[C@H](COP(=O)(O)OC[C@H]3O[C@@H](n4cc(I)c(N)nc4=O)[C@H](O)[C@@H]3O)[C@@H](O)[C@H]2O)c(=O)[nH]1. The Morgan fingerprint density at radius 1 is 0.976 bits per heavy atom. The number of hydrogen-bond acceptors (Lipinski definition) is 16. The molecule has 22 heteroatoms. The molecule has 0 bridgehead atoms. The number of aromatic amines is 1. The first-order chi connectivity index (χ1) is 19.3. The zero-order valence-corrected chi connectivity index (χ0v) is 23.5. The van der Waals surface area contributed by atoms with Gasteiger partial charge in [-0.1, -0.05) is 0 Å². The van der Waals surface area contributed by atoms with Gasteiger partial charge in [-0.3, -0.25) is 28.0 Å². The monoisotopic (exact) mass is 714 g/mol. The van der Waals surface area contributed by atoms with E-state index in [1.54, 1.807) is 0 Å². The van der Waals surface area contributed by atoms with E-state index < -0.39 is 81.4 Å². The quantitative estimate of drug-likeness (QED) is 0.0830. The Balaban J connectivity index is 1.20. The topological polar surface area (TPSA) is 306 Å². The predicted molar refractivity (Wildman–Crippen MR) is 142 cm³/mol. The van der Waals surface area contributed by atoms with Gasteiger partial charge < -0.3 is 46.3 Å². The van der Waals surface area contributed by atoms with E-state index in [4.69, 9.17) is 30.0 Å². The van der Waals surface area contributed by atoms with Crippen LogP contribution < -0.4 is 22.7 Å². The van der Waals surface area contributed by atoms with E-state index >= 15 is 0 Å². The molecule has 0 amide bonds. The number of phosphoric acid groups is 1. The van der Waals surface area contributed by atoms with Crippen LogP contribution in [0.5, 0.6) is 0 Å². The molecule has 5 heterocycles. The van der Waals surface area contributed by atoms with Gasteiger partial charge in [0, 0.05) is 6.20 Å². The van der Waals surface area contributed by atoms with Crippen LogP contribution in [0.1, 0.15) is 12.5 Å². The molecule has 20 nitrogen and oxygen atoms in total. The maximum Gasteiger partial charge on any atom is 0.472 e. The molecule has 0 aromatic carbocycles. The highest BCUT2D eigenvalue weighted by molar-refractivity contribution is 14.1. The number of nitrogens with two attached hydrogens (primary N) is 2. The molecule has 1 unspecified atom stereocenters. The molecular weight excluding hydrogens is 690 g/mol. The highest BCUT2D eigenvalue weighted by Crippen LogP contribution is 2.45. The van der Waals surface area contributed by atoms with Crippen molar-refractivity contribution in [2.75, 3.05) is 24.7 Å². The molecule has 0 spiro atoms. The van der Waals surface area contributed by atoms with Crippen molar-refractivity contribution in [3.63, 3.8) is 0 Å². The van der Waals surface area contributed by atoms with Gasteiger partial charge in [0.2, 0.25) is 5.95 Å². The Labute approximate surface area is 241 Å². The number of aliphatic hydroxyl groups excluding tert-OH is 4. The number of fused-ring (bicyclic) bond motifs is 1. The second-order valence-electron chi connectivity index (χ2n) is 9.09. The van der Waals surface area contributed by atoms with Crippen molar-refractivity contribution >= 4 is 53.3 Å². The van der Waals surface area contributed by atoms with Gasteiger partial charge in [0.15, 0.2) is 23.6 Å². The third kappa shape index (κ3) is 5.75. The molecule has 224 valence electrons. The number of aromatic nitrogens is 6. The molecule has 3 aromatic heterocycles. The summed E-state index contributed by atoms with van der Waals surface area (Å²) >= 11 is 1.81. The first kappa shape index (κ1) is 29.9. The first-order valence-corrected chi connectivity index (χ1v) is 14.3. The number of H-pyrrole nitrogens is 1. The third-order valence-corrected chi connectivity index (χ3v) is 8.19. The van der Waals surface area contributed by atoms with Crippen LogP contribution in [0, 0.1) is 3.57 Å². The molecule has 41 heavy (non-hydrogen) atoms. The number of rotatable bonds is 8. The molecule has 2 aliphatic rings. The van der Waals surface area contributed by atoms with Crippen LogP contribution in [0.4, 0.5) is 11.8 Å². The number of nitrogen functional groups attached to an aromatic ring is 2. The average molecular weight is 714 g/mol. The summed E-state index contributed by atoms with van der Waals surface area (Å²) in [4.78, 5) is 48.1. The number of hydrogen-bond donors (Lipinski definition) is 8. The van der Waals surface area contributed by atoms with Crippen molar-refractivity contribution in [1.29, 1.82) is 0 Å². The fourth-order valence-corrected chi connectivity index (χ4v) is 5.50. The summed E-state index contributed by atoms with van der Waals surface area (Å²) in [5.74, 6) is -0.263. The lowest BCUT2D eigenvalue weighted by Gasteiger charge is -2.20. The molecule has 2 saturated heterocycles. The van der Waals surface area contributed by atoms with Crippen molar-refractivity contribution in [3.05, 3.63) is 36.9 Å². The Hall–Kier alpha value is -2.57. The number of ether oxygens (including phenoxy) is 2. The minimum atomic E-state index is -4.88. The van der Waals surface area contributed by atoms with Crippen molar-refractivity contribution in [1.82, 2.24) is 29.1 Å². The molecule has 10 N–H and O–H groups in total. The minimum absolute atomic E-state index is 0.0386. The maximum atomic E-state index is 12.5. The van der Waals surface area contributed by atoms with Crippen LogP contribution >= 0.6 is 30.4 Å². The van der Waals surface area contributed by atoms with Crippen LogP contribution in [-0.2, 0) is 23.1 Å². The average Bonchev–Trinajstić information content (AvgIpc) is 3.54. The fourth-order valence-electron chi connectivity index (χ4n) is 4.34. The zero-order chi connectivity index (χ0) is 29.8. The predicted octanol–water partition coefficient (Wildman–Crippen LogP) is -3.48. The first-order valence-electron chi connectivity index (χ1n) is 11.7. The van der Waals surface area contributed by atoms with E-state index in [1.807, 2.05) is 22.6 Å². The number of imidazole rings is 1. The molecule has 0 radical (unpaired) electrons. The summed E-state index contributed by atoms with van der Waals surface area (Å²) in [5.41, 5.74) is 9.51. The summed E-state index contributed by atoms with van der Waals surface area (Å²) in [6.45, 7) is -1.49. The maximum absolute atomic E-state index is 12.5. The van der Waals surface area contributed by atoms with Gasteiger partial charge in [-0.15, -0.1) is 0 Å². The Morgan fingerprint density at radius 3 is 2.12 bits per heavy atom. The van der Waals surface area contributed by atoms with Crippen LogP contribution in [0.25, 0.3) is 11.2 Å². The van der Waals surface area contributed by atoms with Gasteiger partial charge in [-0.05, 0) is 22.6 Å². The summed E-state index contributed by atoms with van der Waals surface area (Å²) < 4.78 is 35.8. The van der Waals surface area contributed by atoms with E-state index in [0.29, 0.717) is 3.57 Å². The van der Waals surface area contributed by atoms with Gasteiger partial charge in [-0.25, -0.2) is 14.3 Å². The van der Waals surface area contributed by atoms with Gasteiger partial charge in [-0.2, -0.15) is 9.97 Å². The molecule has 2 aliphatic heterocycles. The molecule has 2 fully saturated rings. The van der Waals surface area contributed by atoms with Crippen LogP contribution in [0.3, 0.4) is 0 Å². The number of aliphatic hydroxyl groups is 4. The number of phosphoric ester groups is 1.